The number of fused-ring (bicyclic) bond motifs is 1. The number of nitrogens with one attached hydrogen (secondary N) is 1. The number of aliphatic hydroxyl groups excluding tert-OH is 1. The molecular formula is C17H24N4O3. The normalized spacial score (nSPS) is 17.1. The third kappa shape index (κ3) is 3.46. The minimum Gasteiger partial charge on any atom is -0.423 e. The molecule has 1 aromatic carbocycles. The first-order valence-corrected chi connectivity index (χ1v) is 8.26. The molecule has 1 saturated heterocycles. The Kier molecular flexibility index (Phi) is 4.62. The molecule has 0 radical (unpaired) electrons. The van der Waals surface area contributed by atoms with E-state index in [0.29, 0.717) is 30.4 Å². The van der Waals surface area contributed by atoms with E-state index in [1.165, 1.54) is 0 Å². The van der Waals surface area contributed by atoms with Crippen molar-refractivity contribution in [3.8, 4) is 0 Å². The molecule has 2 amide bonds. The Morgan fingerprint density at radius 3 is 2.75 bits per heavy atom. The Bertz CT molecular complexity index is 718. The highest BCUT2D eigenvalue weighted by Crippen LogP contribution is 2.25. The highest BCUT2D eigenvalue weighted by Gasteiger charge is 2.25. The van der Waals surface area contributed by atoms with Gasteiger partial charge in [-0.3, -0.25) is 0 Å². The quantitative estimate of drug-likeness (QED) is 0.902. The van der Waals surface area contributed by atoms with Crippen molar-refractivity contribution in [2.24, 2.45) is 5.92 Å². The van der Waals surface area contributed by atoms with Crippen LogP contribution in [0.15, 0.2) is 22.6 Å². The Hall–Kier alpha value is -2.28. The number of hydrogen-bond acceptors (Lipinski definition) is 5. The third-order valence-electron chi connectivity index (χ3n) is 4.52. The fraction of sp³-hybridized carbons (Fsp3) is 0.529. The van der Waals surface area contributed by atoms with Gasteiger partial charge in [0, 0.05) is 38.9 Å². The summed E-state index contributed by atoms with van der Waals surface area (Å²) >= 11 is 0. The molecule has 1 aliphatic heterocycles. The molecule has 0 saturated carbocycles. The van der Waals surface area contributed by atoms with Crippen LogP contribution < -0.4 is 10.2 Å². The first-order chi connectivity index (χ1) is 11.4. The lowest BCUT2D eigenvalue weighted by Crippen LogP contribution is -2.42. The minimum absolute atomic E-state index is 0.120. The van der Waals surface area contributed by atoms with Crippen molar-refractivity contribution >= 4 is 28.8 Å². The monoisotopic (exact) mass is 332 g/mol. The second-order valence-electron chi connectivity index (χ2n) is 6.57. The van der Waals surface area contributed by atoms with Gasteiger partial charge in [0.15, 0.2) is 5.58 Å². The summed E-state index contributed by atoms with van der Waals surface area (Å²) in [5, 5.41) is 12.5. The van der Waals surface area contributed by atoms with Gasteiger partial charge in [0.05, 0.1) is 6.10 Å². The topological polar surface area (TPSA) is 81.8 Å². The maximum atomic E-state index is 12.4. The summed E-state index contributed by atoms with van der Waals surface area (Å²) in [7, 11) is 3.73. The van der Waals surface area contributed by atoms with E-state index < -0.39 is 0 Å². The van der Waals surface area contributed by atoms with Crippen LogP contribution in [0.25, 0.3) is 11.1 Å². The van der Waals surface area contributed by atoms with Gasteiger partial charge in [-0.1, -0.05) is 0 Å². The standard InChI is InChI=1S/C17H24N4O3/c1-11(22)12-6-8-21(9-7-12)16(23)18-13-4-5-14-15(10-13)24-17(19-14)20(2)3/h4-5,10-12,22H,6-9H2,1-3H3,(H,18,23). The number of anilines is 2. The minimum atomic E-state index is -0.310. The van der Waals surface area contributed by atoms with E-state index >= 15 is 0 Å². The molecule has 1 aromatic heterocycles. The van der Waals surface area contributed by atoms with Gasteiger partial charge in [-0.15, -0.1) is 0 Å². The first kappa shape index (κ1) is 16.6. The Balaban J connectivity index is 1.65. The molecule has 24 heavy (non-hydrogen) atoms. The molecule has 2 heterocycles. The van der Waals surface area contributed by atoms with E-state index in [1.54, 1.807) is 15.9 Å². The molecule has 1 aliphatic rings. The largest absolute Gasteiger partial charge is 0.423 e. The number of urea groups is 1. The number of carbonyl (C=O) groups excluding carboxylic acids is 1. The maximum absolute atomic E-state index is 12.4. The lowest BCUT2D eigenvalue weighted by molar-refractivity contribution is 0.0820. The van der Waals surface area contributed by atoms with Crippen molar-refractivity contribution in [3.63, 3.8) is 0 Å². The van der Waals surface area contributed by atoms with E-state index in [0.717, 1.165) is 18.4 Å². The second kappa shape index (κ2) is 6.68. The molecule has 130 valence electrons. The molecule has 1 fully saturated rings. The predicted octanol–water partition coefficient (Wildman–Crippen LogP) is 2.52. The number of likely N-dealkylation sites (tertiary alicyclic amines) is 1. The van der Waals surface area contributed by atoms with E-state index in [9.17, 15) is 9.90 Å². The average molecular weight is 332 g/mol. The van der Waals surface area contributed by atoms with Gasteiger partial charge in [0.25, 0.3) is 6.01 Å². The molecule has 7 nitrogen and oxygen atoms in total. The lowest BCUT2D eigenvalue weighted by atomic mass is 9.92. The number of aromatic nitrogens is 1. The lowest BCUT2D eigenvalue weighted by Gasteiger charge is -2.33. The van der Waals surface area contributed by atoms with Crippen LogP contribution in [-0.2, 0) is 0 Å². The molecule has 3 rings (SSSR count). The van der Waals surface area contributed by atoms with Crippen LogP contribution in [0.2, 0.25) is 0 Å². The van der Waals surface area contributed by atoms with Gasteiger partial charge < -0.3 is 24.6 Å². The average Bonchev–Trinajstić information content (AvgIpc) is 2.98. The van der Waals surface area contributed by atoms with Crippen LogP contribution in [0.4, 0.5) is 16.5 Å². The summed E-state index contributed by atoms with van der Waals surface area (Å²) in [6.45, 7) is 3.14. The van der Waals surface area contributed by atoms with Crippen LogP contribution in [0, 0.1) is 5.92 Å². The summed E-state index contributed by atoms with van der Waals surface area (Å²) in [6, 6.07) is 5.86. The molecule has 1 unspecified atom stereocenters. The number of nitrogens with zero attached hydrogens (tertiary/aromatic N) is 3. The Morgan fingerprint density at radius 1 is 1.42 bits per heavy atom. The highest BCUT2D eigenvalue weighted by atomic mass is 16.4. The molecular weight excluding hydrogens is 308 g/mol. The van der Waals surface area contributed by atoms with Crippen molar-refractivity contribution in [1.29, 1.82) is 0 Å². The predicted molar refractivity (Wildman–Crippen MR) is 93.3 cm³/mol. The Labute approximate surface area is 141 Å². The number of hydrogen-bond donors (Lipinski definition) is 2. The number of piperidine rings is 1. The maximum Gasteiger partial charge on any atom is 0.321 e. The van der Waals surface area contributed by atoms with Crippen molar-refractivity contribution in [1.82, 2.24) is 9.88 Å². The van der Waals surface area contributed by atoms with E-state index in [2.05, 4.69) is 10.3 Å². The summed E-state index contributed by atoms with van der Waals surface area (Å²) in [5.41, 5.74) is 2.09. The second-order valence-corrected chi connectivity index (χ2v) is 6.57. The van der Waals surface area contributed by atoms with Gasteiger partial charge in [0.2, 0.25) is 0 Å². The highest BCUT2D eigenvalue weighted by molar-refractivity contribution is 5.91. The molecule has 0 aliphatic carbocycles. The summed E-state index contributed by atoms with van der Waals surface area (Å²) in [4.78, 5) is 20.3. The van der Waals surface area contributed by atoms with Gasteiger partial charge in [-0.2, -0.15) is 4.98 Å². The van der Waals surface area contributed by atoms with Gasteiger partial charge in [0.1, 0.15) is 5.52 Å². The van der Waals surface area contributed by atoms with Crippen LogP contribution in [-0.4, -0.2) is 54.3 Å². The van der Waals surface area contributed by atoms with Crippen molar-refractivity contribution in [2.45, 2.75) is 25.9 Å². The third-order valence-corrected chi connectivity index (χ3v) is 4.52. The summed E-state index contributed by atoms with van der Waals surface area (Å²) in [6.07, 6.45) is 1.35. The van der Waals surface area contributed by atoms with Crippen molar-refractivity contribution in [2.75, 3.05) is 37.4 Å². The van der Waals surface area contributed by atoms with Crippen LogP contribution in [0.3, 0.4) is 0 Å². The number of amides is 2. The van der Waals surface area contributed by atoms with E-state index in [1.807, 2.05) is 33.2 Å². The number of rotatable bonds is 3. The molecule has 0 bridgehead atoms. The molecule has 0 spiro atoms. The Morgan fingerprint density at radius 2 is 2.12 bits per heavy atom. The van der Waals surface area contributed by atoms with Gasteiger partial charge in [-0.25, -0.2) is 4.79 Å². The van der Waals surface area contributed by atoms with E-state index in [4.69, 9.17) is 4.42 Å². The van der Waals surface area contributed by atoms with Crippen molar-refractivity contribution in [3.05, 3.63) is 18.2 Å². The number of aliphatic hydroxyl groups is 1. The SMILES string of the molecule is CC(O)C1CCN(C(=O)Nc2ccc3nc(N(C)C)oc3c2)CC1. The summed E-state index contributed by atoms with van der Waals surface area (Å²) in [5.74, 6) is 0.282. The van der Waals surface area contributed by atoms with Gasteiger partial charge in [-0.05, 0) is 37.8 Å². The van der Waals surface area contributed by atoms with E-state index in [-0.39, 0.29) is 18.1 Å². The fourth-order valence-electron chi connectivity index (χ4n) is 2.97. The first-order valence-electron chi connectivity index (χ1n) is 8.26. The number of carbonyl (C=O) groups is 1. The van der Waals surface area contributed by atoms with Crippen LogP contribution >= 0.6 is 0 Å². The zero-order valence-corrected chi connectivity index (χ0v) is 14.3. The molecule has 2 aromatic rings. The fourth-order valence-corrected chi connectivity index (χ4v) is 2.97. The van der Waals surface area contributed by atoms with Crippen LogP contribution in [0.5, 0.6) is 0 Å². The zero-order valence-electron chi connectivity index (χ0n) is 14.3. The zero-order chi connectivity index (χ0) is 17.3. The van der Waals surface area contributed by atoms with Gasteiger partial charge >= 0.3 is 6.03 Å². The smallest absolute Gasteiger partial charge is 0.321 e. The number of oxazole rings is 1. The number of benzene rings is 1. The van der Waals surface area contributed by atoms with Crippen LogP contribution in [0.1, 0.15) is 19.8 Å². The van der Waals surface area contributed by atoms with Crippen molar-refractivity contribution < 1.29 is 14.3 Å². The molecule has 1 atom stereocenters. The summed E-state index contributed by atoms with van der Waals surface area (Å²) < 4.78 is 5.66. The molecule has 7 heteroatoms. The molecule has 2 N–H and O–H groups in total.